The molecular formula is C17H19N3O2. The molecule has 2 aromatic rings. The molecule has 4 rings (SSSR count). The Bertz CT molecular complexity index is 768. The summed E-state index contributed by atoms with van der Waals surface area (Å²) in [5, 5.41) is 12.0. The number of hydrogen-bond acceptors (Lipinski definition) is 4. The Morgan fingerprint density at radius 2 is 2.09 bits per heavy atom. The number of benzene rings is 1. The van der Waals surface area contributed by atoms with Gasteiger partial charge in [-0.3, -0.25) is 15.1 Å². The molecule has 114 valence electrons. The minimum Gasteiger partial charge on any atom is -0.370 e. The van der Waals surface area contributed by atoms with Gasteiger partial charge in [0.15, 0.2) is 0 Å². The lowest BCUT2D eigenvalue weighted by Crippen LogP contribution is -2.36. The topological polar surface area (TPSA) is 59.3 Å². The van der Waals surface area contributed by atoms with Crippen LogP contribution in [0.2, 0.25) is 0 Å². The molecule has 0 bridgehead atoms. The largest absolute Gasteiger partial charge is 0.370 e. The second kappa shape index (κ2) is 4.66. The van der Waals surface area contributed by atoms with Crippen LogP contribution in [0.3, 0.4) is 0 Å². The van der Waals surface area contributed by atoms with E-state index in [1.807, 2.05) is 6.92 Å². The summed E-state index contributed by atoms with van der Waals surface area (Å²) in [4.78, 5) is 17.7. The second-order valence-electron chi connectivity index (χ2n) is 6.77. The van der Waals surface area contributed by atoms with E-state index in [4.69, 9.17) is 0 Å². The molecule has 1 spiro atoms. The van der Waals surface area contributed by atoms with Crippen LogP contribution in [0, 0.1) is 22.5 Å². The van der Waals surface area contributed by atoms with E-state index in [0.29, 0.717) is 5.41 Å². The first-order chi connectivity index (χ1) is 10.6. The van der Waals surface area contributed by atoms with Crippen molar-refractivity contribution in [3.63, 3.8) is 0 Å². The van der Waals surface area contributed by atoms with Crippen molar-refractivity contribution in [3.8, 4) is 0 Å². The summed E-state index contributed by atoms with van der Waals surface area (Å²) < 4.78 is 0. The molecule has 1 aliphatic carbocycles. The Morgan fingerprint density at radius 1 is 1.27 bits per heavy atom. The van der Waals surface area contributed by atoms with Gasteiger partial charge in [0, 0.05) is 42.0 Å². The first-order valence-corrected chi connectivity index (χ1v) is 7.87. The molecule has 5 nitrogen and oxygen atoms in total. The maximum atomic E-state index is 11.1. The van der Waals surface area contributed by atoms with Crippen molar-refractivity contribution in [2.45, 2.75) is 32.6 Å². The van der Waals surface area contributed by atoms with Gasteiger partial charge in [-0.15, -0.1) is 0 Å². The molecule has 1 aromatic carbocycles. The van der Waals surface area contributed by atoms with Crippen molar-refractivity contribution in [2.24, 2.45) is 5.41 Å². The number of nitrogens with zero attached hydrogens (tertiary/aromatic N) is 3. The average molecular weight is 297 g/mol. The Labute approximate surface area is 129 Å². The number of aromatic nitrogens is 1. The van der Waals surface area contributed by atoms with E-state index >= 15 is 0 Å². The number of nitro benzene ring substituents is 1. The standard InChI is InChI=1S/C17H19N3O2/c1-12-9-16(19-8-2-5-17(11-19)6-7-17)14-10-13(20(21)22)3-4-15(14)18-12/h3-4,9-10H,2,5-8,11H2,1H3. The smallest absolute Gasteiger partial charge is 0.270 e. The number of piperidine rings is 1. The fourth-order valence-corrected chi connectivity index (χ4v) is 3.70. The molecule has 1 aliphatic heterocycles. The van der Waals surface area contributed by atoms with Crippen LogP contribution >= 0.6 is 0 Å². The number of aryl methyl sites for hydroxylation is 1. The van der Waals surface area contributed by atoms with Crippen LogP contribution in [-0.2, 0) is 0 Å². The molecule has 0 N–H and O–H groups in total. The van der Waals surface area contributed by atoms with Crippen molar-refractivity contribution in [1.82, 2.24) is 4.98 Å². The van der Waals surface area contributed by atoms with Crippen LogP contribution in [-0.4, -0.2) is 23.0 Å². The number of pyridine rings is 1. The zero-order chi connectivity index (χ0) is 15.3. The molecule has 5 heteroatoms. The van der Waals surface area contributed by atoms with Crippen molar-refractivity contribution < 1.29 is 4.92 Å². The highest BCUT2D eigenvalue weighted by molar-refractivity contribution is 5.93. The molecule has 0 radical (unpaired) electrons. The predicted molar refractivity (Wildman–Crippen MR) is 86.2 cm³/mol. The van der Waals surface area contributed by atoms with Crippen LogP contribution in [0.15, 0.2) is 24.3 Å². The average Bonchev–Trinajstić information content (AvgIpc) is 3.24. The number of fused-ring (bicyclic) bond motifs is 1. The third-order valence-corrected chi connectivity index (χ3v) is 5.07. The van der Waals surface area contributed by atoms with Crippen LogP contribution in [0.25, 0.3) is 10.9 Å². The molecule has 2 fully saturated rings. The van der Waals surface area contributed by atoms with Crippen LogP contribution in [0.5, 0.6) is 0 Å². The monoisotopic (exact) mass is 297 g/mol. The molecule has 1 saturated carbocycles. The van der Waals surface area contributed by atoms with Crippen LogP contribution < -0.4 is 4.90 Å². The summed E-state index contributed by atoms with van der Waals surface area (Å²) in [6, 6.07) is 7.05. The molecule has 2 heterocycles. The van der Waals surface area contributed by atoms with E-state index in [1.165, 1.54) is 31.7 Å². The minimum atomic E-state index is -0.332. The van der Waals surface area contributed by atoms with Crippen LogP contribution in [0.1, 0.15) is 31.4 Å². The number of nitro groups is 1. The molecule has 0 atom stereocenters. The highest BCUT2D eigenvalue weighted by atomic mass is 16.6. The summed E-state index contributed by atoms with van der Waals surface area (Å²) in [6.07, 6.45) is 5.18. The Kier molecular flexibility index (Phi) is 2.86. The van der Waals surface area contributed by atoms with E-state index in [9.17, 15) is 10.1 Å². The second-order valence-corrected chi connectivity index (χ2v) is 6.77. The van der Waals surface area contributed by atoms with Gasteiger partial charge in [0.25, 0.3) is 5.69 Å². The highest BCUT2D eigenvalue weighted by Crippen LogP contribution is 2.53. The fourth-order valence-electron chi connectivity index (χ4n) is 3.70. The van der Waals surface area contributed by atoms with Gasteiger partial charge in [0.05, 0.1) is 10.4 Å². The van der Waals surface area contributed by atoms with Gasteiger partial charge in [-0.1, -0.05) is 0 Å². The van der Waals surface area contributed by atoms with Gasteiger partial charge >= 0.3 is 0 Å². The van der Waals surface area contributed by atoms with Crippen molar-refractivity contribution in [1.29, 1.82) is 0 Å². The van der Waals surface area contributed by atoms with E-state index in [-0.39, 0.29) is 10.6 Å². The first kappa shape index (κ1) is 13.5. The van der Waals surface area contributed by atoms with Gasteiger partial charge in [-0.05, 0) is 50.2 Å². The van der Waals surface area contributed by atoms with E-state index < -0.39 is 0 Å². The lowest BCUT2D eigenvalue weighted by molar-refractivity contribution is -0.384. The number of non-ortho nitro benzene ring substituents is 1. The summed E-state index contributed by atoms with van der Waals surface area (Å²) in [5.41, 5.74) is 3.57. The molecule has 2 aliphatic rings. The van der Waals surface area contributed by atoms with Crippen molar-refractivity contribution in [2.75, 3.05) is 18.0 Å². The SMILES string of the molecule is Cc1cc(N2CCCC3(CC3)C2)c2cc([N+](=O)[O-])ccc2n1. The van der Waals surface area contributed by atoms with Gasteiger partial charge in [0.2, 0.25) is 0 Å². The van der Waals surface area contributed by atoms with E-state index in [1.54, 1.807) is 12.1 Å². The molecular weight excluding hydrogens is 278 g/mol. The minimum absolute atomic E-state index is 0.137. The first-order valence-electron chi connectivity index (χ1n) is 7.87. The maximum Gasteiger partial charge on any atom is 0.270 e. The Balaban J connectivity index is 1.84. The molecule has 0 amide bonds. The van der Waals surface area contributed by atoms with Gasteiger partial charge in [-0.2, -0.15) is 0 Å². The van der Waals surface area contributed by atoms with Crippen molar-refractivity contribution >= 4 is 22.3 Å². The summed E-state index contributed by atoms with van der Waals surface area (Å²) in [5.74, 6) is 0. The molecule has 1 aromatic heterocycles. The number of hydrogen-bond donors (Lipinski definition) is 0. The third-order valence-electron chi connectivity index (χ3n) is 5.07. The van der Waals surface area contributed by atoms with Gasteiger partial charge < -0.3 is 4.90 Å². The normalized spacial score (nSPS) is 19.6. The zero-order valence-corrected chi connectivity index (χ0v) is 12.7. The zero-order valence-electron chi connectivity index (χ0n) is 12.7. The van der Waals surface area contributed by atoms with Crippen LogP contribution in [0.4, 0.5) is 11.4 Å². The van der Waals surface area contributed by atoms with Gasteiger partial charge in [-0.25, -0.2) is 0 Å². The Hall–Kier alpha value is -2.17. The number of rotatable bonds is 2. The predicted octanol–water partition coefficient (Wildman–Crippen LogP) is 3.83. The molecule has 1 saturated heterocycles. The Morgan fingerprint density at radius 3 is 2.82 bits per heavy atom. The van der Waals surface area contributed by atoms with Gasteiger partial charge in [0.1, 0.15) is 0 Å². The molecule has 0 unspecified atom stereocenters. The summed E-state index contributed by atoms with van der Waals surface area (Å²) >= 11 is 0. The summed E-state index contributed by atoms with van der Waals surface area (Å²) in [7, 11) is 0. The summed E-state index contributed by atoms with van der Waals surface area (Å²) in [6.45, 7) is 4.10. The molecule has 22 heavy (non-hydrogen) atoms. The van der Waals surface area contributed by atoms with Crippen molar-refractivity contribution in [3.05, 3.63) is 40.1 Å². The highest BCUT2D eigenvalue weighted by Gasteiger charge is 2.45. The van der Waals surface area contributed by atoms with E-state index in [2.05, 4.69) is 16.0 Å². The van der Waals surface area contributed by atoms with E-state index in [0.717, 1.165) is 35.4 Å². The lowest BCUT2D eigenvalue weighted by atomic mass is 9.94. The maximum absolute atomic E-state index is 11.1. The quantitative estimate of drug-likeness (QED) is 0.624. The fraction of sp³-hybridized carbons (Fsp3) is 0.471. The third kappa shape index (κ3) is 2.21. The number of anilines is 1. The lowest BCUT2D eigenvalue weighted by Gasteiger charge is -2.35.